The quantitative estimate of drug-likeness (QED) is 0.725. The highest BCUT2D eigenvalue weighted by Crippen LogP contribution is 2.16. The van der Waals surface area contributed by atoms with Crippen molar-refractivity contribution in [3.05, 3.63) is 0 Å². The van der Waals surface area contributed by atoms with Gasteiger partial charge in [-0.15, -0.1) is 0 Å². The third-order valence-corrected chi connectivity index (χ3v) is 3.70. The summed E-state index contributed by atoms with van der Waals surface area (Å²) in [5.74, 6) is 0.145. The average Bonchev–Trinajstić information content (AvgIpc) is 2.32. The number of ether oxygens (including phenoxy) is 1. The fourth-order valence-electron chi connectivity index (χ4n) is 2.34. The Morgan fingerprint density at radius 2 is 2.00 bits per heavy atom. The Labute approximate surface area is 103 Å². The first kappa shape index (κ1) is 12.8. The van der Waals surface area contributed by atoms with Gasteiger partial charge in [0.2, 0.25) is 5.91 Å². The number of carbonyl (C=O) groups is 1. The van der Waals surface area contributed by atoms with Crippen LogP contribution < -0.4 is 5.32 Å². The van der Waals surface area contributed by atoms with Gasteiger partial charge in [-0.2, -0.15) is 0 Å². The van der Waals surface area contributed by atoms with Crippen LogP contribution >= 0.6 is 0 Å². The van der Waals surface area contributed by atoms with E-state index >= 15 is 0 Å². The van der Waals surface area contributed by atoms with Gasteiger partial charge in [0.1, 0.15) is 0 Å². The van der Waals surface area contributed by atoms with Crippen molar-refractivity contribution in [3.8, 4) is 0 Å². The molecule has 2 aliphatic rings. The first-order chi connectivity index (χ1) is 8.08. The lowest BCUT2D eigenvalue weighted by molar-refractivity contribution is -0.127. The van der Waals surface area contributed by atoms with Crippen molar-refractivity contribution >= 4 is 5.91 Å². The van der Waals surface area contributed by atoms with E-state index in [4.69, 9.17) is 4.74 Å². The molecule has 0 unspecified atom stereocenters. The van der Waals surface area contributed by atoms with Crippen LogP contribution in [0.1, 0.15) is 13.8 Å². The number of morpholine rings is 1. The summed E-state index contributed by atoms with van der Waals surface area (Å²) >= 11 is 0. The van der Waals surface area contributed by atoms with Crippen molar-refractivity contribution in [2.75, 3.05) is 52.5 Å². The zero-order chi connectivity index (χ0) is 12.3. The molecule has 1 amide bonds. The molecule has 2 rings (SSSR count). The molecule has 2 heterocycles. The van der Waals surface area contributed by atoms with Gasteiger partial charge in [-0.25, -0.2) is 0 Å². The van der Waals surface area contributed by atoms with Crippen LogP contribution in [0.15, 0.2) is 0 Å². The van der Waals surface area contributed by atoms with E-state index in [0.29, 0.717) is 6.54 Å². The molecule has 0 aromatic heterocycles. The summed E-state index contributed by atoms with van der Waals surface area (Å²) in [4.78, 5) is 16.1. The lowest BCUT2D eigenvalue weighted by atomic mass is 10.00. The van der Waals surface area contributed by atoms with E-state index < -0.39 is 0 Å². The highest BCUT2D eigenvalue weighted by Gasteiger charge is 2.32. The summed E-state index contributed by atoms with van der Waals surface area (Å²) in [6, 6.07) is 0. The maximum absolute atomic E-state index is 11.4. The van der Waals surface area contributed by atoms with E-state index in [1.807, 2.05) is 0 Å². The molecule has 0 aromatic carbocycles. The highest BCUT2D eigenvalue weighted by molar-refractivity contribution is 5.79. The van der Waals surface area contributed by atoms with Gasteiger partial charge in [-0.3, -0.25) is 14.6 Å². The second-order valence-electron chi connectivity index (χ2n) is 5.46. The van der Waals surface area contributed by atoms with Crippen LogP contribution in [0.4, 0.5) is 0 Å². The minimum Gasteiger partial charge on any atom is -0.379 e. The fourth-order valence-corrected chi connectivity index (χ4v) is 2.34. The number of piperazine rings is 1. The van der Waals surface area contributed by atoms with Crippen LogP contribution in [-0.4, -0.2) is 73.7 Å². The molecule has 0 bridgehead atoms. The van der Waals surface area contributed by atoms with Gasteiger partial charge in [0.05, 0.1) is 19.8 Å². The number of carbonyl (C=O) groups excluding carboxylic acids is 1. The Bertz CT molecular complexity index is 275. The number of hydrogen-bond donors (Lipinski definition) is 1. The molecule has 0 spiro atoms. The highest BCUT2D eigenvalue weighted by atomic mass is 16.5. The number of rotatable bonds is 3. The van der Waals surface area contributed by atoms with Crippen LogP contribution in [-0.2, 0) is 9.53 Å². The van der Waals surface area contributed by atoms with Crippen molar-refractivity contribution in [3.63, 3.8) is 0 Å². The average molecular weight is 241 g/mol. The van der Waals surface area contributed by atoms with Gasteiger partial charge in [-0.1, -0.05) is 0 Å². The summed E-state index contributed by atoms with van der Waals surface area (Å²) < 4.78 is 5.33. The molecule has 2 saturated heterocycles. The normalized spacial score (nSPS) is 26.8. The van der Waals surface area contributed by atoms with E-state index in [0.717, 1.165) is 45.9 Å². The molecule has 17 heavy (non-hydrogen) atoms. The Kier molecular flexibility index (Phi) is 4.01. The number of nitrogens with one attached hydrogen (secondary N) is 1. The minimum atomic E-state index is 0.0696. The van der Waals surface area contributed by atoms with Crippen molar-refractivity contribution in [2.45, 2.75) is 19.4 Å². The zero-order valence-electron chi connectivity index (χ0n) is 10.9. The molecule has 1 N–H and O–H groups in total. The second-order valence-corrected chi connectivity index (χ2v) is 5.46. The maximum atomic E-state index is 11.4. The van der Waals surface area contributed by atoms with Crippen molar-refractivity contribution < 1.29 is 9.53 Å². The molecule has 0 aliphatic carbocycles. The molecule has 2 aliphatic heterocycles. The third-order valence-electron chi connectivity index (χ3n) is 3.70. The molecule has 2 fully saturated rings. The van der Waals surface area contributed by atoms with Gasteiger partial charge < -0.3 is 10.1 Å². The smallest absolute Gasteiger partial charge is 0.234 e. The topological polar surface area (TPSA) is 44.8 Å². The Morgan fingerprint density at radius 1 is 1.29 bits per heavy atom. The zero-order valence-corrected chi connectivity index (χ0v) is 10.9. The van der Waals surface area contributed by atoms with E-state index in [1.54, 1.807) is 0 Å². The first-order valence-corrected chi connectivity index (χ1v) is 6.40. The predicted octanol–water partition coefficient (Wildman–Crippen LogP) is -0.471. The summed E-state index contributed by atoms with van der Waals surface area (Å²) in [5.41, 5.74) is 0.0696. The molecule has 0 saturated carbocycles. The summed E-state index contributed by atoms with van der Waals surface area (Å²) in [6.07, 6.45) is 0. The van der Waals surface area contributed by atoms with Gasteiger partial charge >= 0.3 is 0 Å². The molecule has 0 radical (unpaired) electrons. The van der Waals surface area contributed by atoms with Crippen molar-refractivity contribution in [2.24, 2.45) is 0 Å². The van der Waals surface area contributed by atoms with Crippen LogP contribution in [0.25, 0.3) is 0 Å². The molecule has 5 heteroatoms. The molecule has 0 aromatic rings. The Hall–Kier alpha value is -0.650. The van der Waals surface area contributed by atoms with E-state index in [2.05, 4.69) is 29.0 Å². The third kappa shape index (κ3) is 3.40. The fraction of sp³-hybridized carbons (Fsp3) is 0.917. The van der Waals surface area contributed by atoms with Crippen molar-refractivity contribution in [1.29, 1.82) is 0 Å². The number of amides is 1. The van der Waals surface area contributed by atoms with Gasteiger partial charge in [0, 0.05) is 38.3 Å². The minimum absolute atomic E-state index is 0.0696. The van der Waals surface area contributed by atoms with Crippen LogP contribution in [0.2, 0.25) is 0 Å². The standard InChI is InChI=1S/C12H23N3O2/c1-12(2)10-13-11(16)9-15(12)4-3-14-5-7-17-8-6-14/h3-10H2,1-2H3,(H,13,16). The monoisotopic (exact) mass is 241 g/mol. The summed E-state index contributed by atoms with van der Waals surface area (Å²) in [6.45, 7) is 11.3. The lowest BCUT2D eigenvalue weighted by Crippen LogP contribution is -2.61. The maximum Gasteiger partial charge on any atom is 0.234 e. The van der Waals surface area contributed by atoms with Gasteiger partial charge in [0.15, 0.2) is 0 Å². The first-order valence-electron chi connectivity index (χ1n) is 6.40. The van der Waals surface area contributed by atoms with E-state index in [1.165, 1.54) is 0 Å². The molecule has 5 nitrogen and oxygen atoms in total. The number of hydrogen-bond acceptors (Lipinski definition) is 4. The predicted molar refractivity (Wildman–Crippen MR) is 65.9 cm³/mol. The van der Waals surface area contributed by atoms with Gasteiger partial charge in [-0.05, 0) is 13.8 Å². The van der Waals surface area contributed by atoms with E-state index in [-0.39, 0.29) is 11.4 Å². The van der Waals surface area contributed by atoms with E-state index in [9.17, 15) is 4.79 Å². The molecular weight excluding hydrogens is 218 g/mol. The number of nitrogens with zero attached hydrogens (tertiary/aromatic N) is 2. The molecule has 98 valence electrons. The second kappa shape index (κ2) is 5.33. The van der Waals surface area contributed by atoms with Gasteiger partial charge in [0.25, 0.3) is 0 Å². The Balaban J connectivity index is 1.81. The molecule has 0 atom stereocenters. The lowest BCUT2D eigenvalue weighted by Gasteiger charge is -2.43. The molecular formula is C12H23N3O2. The summed E-state index contributed by atoms with van der Waals surface area (Å²) in [7, 11) is 0. The Morgan fingerprint density at radius 3 is 2.71 bits per heavy atom. The largest absolute Gasteiger partial charge is 0.379 e. The van der Waals surface area contributed by atoms with Crippen molar-refractivity contribution in [1.82, 2.24) is 15.1 Å². The van der Waals surface area contributed by atoms with Crippen LogP contribution in [0.3, 0.4) is 0 Å². The summed E-state index contributed by atoms with van der Waals surface area (Å²) in [5, 5.41) is 2.93. The van der Waals surface area contributed by atoms with Crippen LogP contribution in [0.5, 0.6) is 0 Å². The van der Waals surface area contributed by atoms with Crippen LogP contribution in [0, 0.1) is 0 Å². The SMILES string of the molecule is CC1(C)CNC(=O)CN1CCN1CCOCC1.